The molecule has 1 aromatic rings. The van der Waals surface area contributed by atoms with Gasteiger partial charge in [0, 0.05) is 25.2 Å². The normalized spacial score (nSPS) is 21.3. The van der Waals surface area contributed by atoms with Crippen molar-refractivity contribution < 1.29 is 19.6 Å². The number of hydrogen-bond donors (Lipinski definition) is 1. The minimum Gasteiger partial charge on any atom is -0.481 e. The summed E-state index contributed by atoms with van der Waals surface area (Å²) in [5, 5.41) is 20.0. The van der Waals surface area contributed by atoms with Crippen LogP contribution in [-0.4, -0.2) is 39.9 Å². The summed E-state index contributed by atoms with van der Waals surface area (Å²) < 4.78 is 0. The van der Waals surface area contributed by atoms with Gasteiger partial charge in [-0.2, -0.15) is 0 Å². The van der Waals surface area contributed by atoms with Gasteiger partial charge in [-0.1, -0.05) is 12.1 Å². The molecule has 1 aliphatic heterocycles. The summed E-state index contributed by atoms with van der Waals surface area (Å²) in [5.41, 5.74) is -1.16. The van der Waals surface area contributed by atoms with E-state index in [1.54, 1.807) is 37.8 Å². The van der Waals surface area contributed by atoms with Crippen LogP contribution in [0.15, 0.2) is 24.3 Å². The Morgan fingerprint density at radius 1 is 1.30 bits per heavy atom. The Hall–Kier alpha value is -2.44. The third-order valence-corrected chi connectivity index (χ3v) is 4.61. The second-order valence-corrected chi connectivity index (χ2v) is 6.77. The summed E-state index contributed by atoms with van der Waals surface area (Å²) in [4.78, 5) is 35.9. The zero-order chi connectivity index (χ0) is 17.4. The van der Waals surface area contributed by atoms with Gasteiger partial charge in [-0.15, -0.1) is 0 Å². The molecule has 0 aromatic heterocycles. The number of amides is 1. The number of likely N-dealkylation sites (tertiary alicyclic amines) is 1. The van der Waals surface area contributed by atoms with Crippen LogP contribution in [0.2, 0.25) is 0 Å². The molecule has 1 N–H and O–H groups in total. The predicted octanol–water partition coefficient (Wildman–Crippen LogP) is 2.20. The van der Waals surface area contributed by atoms with E-state index in [4.69, 9.17) is 0 Å². The SMILES string of the molecule is CC1(C(=O)O)CCN(C(=O)C(C)(C)c2ccc([N+](=O)[O-])cc2)C1. The molecule has 7 heteroatoms. The maximum Gasteiger partial charge on any atom is 0.311 e. The summed E-state index contributed by atoms with van der Waals surface area (Å²) in [5.74, 6) is -1.07. The fourth-order valence-corrected chi connectivity index (χ4v) is 2.83. The van der Waals surface area contributed by atoms with Crippen molar-refractivity contribution in [2.75, 3.05) is 13.1 Å². The average molecular weight is 320 g/mol. The lowest BCUT2D eigenvalue weighted by Crippen LogP contribution is -2.44. The van der Waals surface area contributed by atoms with E-state index in [0.717, 1.165) is 0 Å². The van der Waals surface area contributed by atoms with Gasteiger partial charge >= 0.3 is 5.97 Å². The zero-order valence-electron chi connectivity index (χ0n) is 13.4. The number of non-ortho nitro benzene ring substituents is 1. The van der Waals surface area contributed by atoms with Crippen molar-refractivity contribution >= 4 is 17.6 Å². The molecule has 0 aliphatic carbocycles. The Balaban J connectivity index is 2.21. The molecule has 0 bridgehead atoms. The maximum absolute atomic E-state index is 12.8. The van der Waals surface area contributed by atoms with E-state index in [2.05, 4.69) is 0 Å². The molecule has 23 heavy (non-hydrogen) atoms. The van der Waals surface area contributed by atoms with Crippen molar-refractivity contribution in [2.45, 2.75) is 32.6 Å². The summed E-state index contributed by atoms with van der Waals surface area (Å²) in [6.07, 6.45) is 0.421. The lowest BCUT2D eigenvalue weighted by molar-refractivity contribution is -0.384. The summed E-state index contributed by atoms with van der Waals surface area (Å²) in [6.45, 7) is 5.71. The second kappa shape index (κ2) is 5.64. The lowest BCUT2D eigenvalue weighted by atomic mass is 9.83. The van der Waals surface area contributed by atoms with Crippen molar-refractivity contribution in [2.24, 2.45) is 5.41 Å². The Bertz CT molecular complexity index is 653. The molecule has 7 nitrogen and oxygen atoms in total. The number of carboxylic acids is 1. The molecule has 0 saturated carbocycles. The van der Waals surface area contributed by atoms with Crippen molar-refractivity contribution in [3.63, 3.8) is 0 Å². The van der Waals surface area contributed by atoms with Gasteiger partial charge in [-0.05, 0) is 32.8 Å². The van der Waals surface area contributed by atoms with E-state index in [-0.39, 0.29) is 18.1 Å². The van der Waals surface area contributed by atoms with E-state index >= 15 is 0 Å². The molecule has 1 aromatic carbocycles. The molecule has 124 valence electrons. The van der Waals surface area contributed by atoms with Crippen LogP contribution in [0.4, 0.5) is 5.69 Å². The van der Waals surface area contributed by atoms with Crippen molar-refractivity contribution in [3.8, 4) is 0 Å². The monoisotopic (exact) mass is 320 g/mol. The van der Waals surface area contributed by atoms with Gasteiger partial charge in [-0.25, -0.2) is 0 Å². The van der Waals surface area contributed by atoms with Gasteiger partial charge < -0.3 is 10.0 Å². The molecule has 1 aliphatic rings. The van der Waals surface area contributed by atoms with Crippen LogP contribution >= 0.6 is 0 Å². The molecular weight excluding hydrogens is 300 g/mol. The fraction of sp³-hybridized carbons (Fsp3) is 0.500. The average Bonchev–Trinajstić information content (AvgIpc) is 2.90. The minimum atomic E-state index is -0.915. The topological polar surface area (TPSA) is 101 Å². The van der Waals surface area contributed by atoms with Gasteiger partial charge in [-0.3, -0.25) is 19.7 Å². The predicted molar refractivity (Wildman–Crippen MR) is 83.1 cm³/mol. The van der Waals surface area contributed by atoms with Crippen molar-refractivity contribution in [1.29, 1.82) is 0 Å². The number of aliphatic carboxylic acids is 1. The van der Waals surface area contributed by atoms with Crippen molar-refractivity contribution in [3.05, 3.63) is 39.9 Å². The molecule has 1 heterocycles. The first-order chi connectivity index (χ1) is 10.6. The van der Waals surface area contributed by atoms with Crippen LogP contribution in [0.25, 0.3) is 0 Å². The Labute approximate surface area is 134 Å². The number of rotatable bonds is 4. The van der Waals surface area contributed by atoms with E-state index in [0.29, 0.717) is 18.5 Å². The Morgan fingerprint density at radius 3 is 2.30 bits per heavy atom. The van der Waals surface area contributed by atoms with Gasteiger partial charge in [0.2, 0.25) is 5.91 Å². The molecular formula is C16H20N2O5. The summed E-state index contributed by atoms with van der Waals surface area (Å²) >= 11 is 0. The first kappa shape index (κ1) is 16.9. The number of carbonyl (C=O) groups is 2. The zero-order valence-corrected chi connectivity index (χ0v) is 13.4. The number of nitro groups is 1. The van der Waals surface area contributed by atoms with E-state index in [1.807, 2.05) is 0 Å². The molecule has 0 spiro atoms. The Morgan fingerprint density at radius 2 is 1.87 bits per heavy atom. The molecule has 1 amide bonds. The van der Waals surface area contributed by atoms with Crippen LogP contribution in [0, 0.1) is 15.5 Å². The third-order valence-electron chi connectivity index (χ3n) is 4.61. The van der Waals surface area contributed by atoms with Crippen LogP contribution in [0.1, 0.15) is 32.8 Å². The van der Waals surface area contributed by atoms with Crippen LogP contribution in [-0.2, 0) is 15.0 Å². The number of benzene rings is 1. The van der Waals surface area contributed by atoms with Gasteiger partial charge in [0.25, 0.3) is 5.69 Å². The van der Waals surface area contributed by atoms with Crippen molar-refractivity contribution in [1.82, 2.24) is 4.90 Å². The molecule has 1 fully saturated rings. The van der Waals surface area contributed by atoms with Crippen LogP contribution < -0.4 is 0 Å². The lowest BCUT2D eigenvalue weighted by Gasteiger charge is -2.30. The highest BCUT2D eigenvalue weighted by atomic mass is 16.6. The van der Waals surface area contributed by atoms with Crippen LogP contribution in [0.5, 0.6) is 0 Å². The van der Waals surface area contributed by atoms with E-state index in [1.165, 1.54) is 12.1 Å². The van der Waals surface area contributed by atoms with Gasteiger partial charge in [0.05, 0.1) is 15.8 Å². The van der Waals surface area contributed by atoms with Crippen LogP contribution in [0.3, 0.4) is 0 Å². The number of nitro benzene ring substituents is 1. The minimum absolute atomic E-state index is 0.0309. The Kier molecular flexibility index (Phi) is 4.15. The summed E-state index contributed by atoms with van der Waals surface area (Å²) in [7, 11) is 0. The first-order valence-electron chi connectivity index (χ1n) is 7.36. The number of carbonyl (C=O) groups excluding carboxylic acids is 1. The number of hydrogen-bond acceptors (Lipinski definition) is 4. The van der Waals surface area contributed by atoms with Gasteiger partial charge in [0.1, 0.15) is 0 Å². The molecule has 1 saturated heterocycles. The number of carboxylic acid groups (broad SMARTS) is 1. The van der Waals surface area contributed by atoms with Gasteiger partial charge in [0.15, 0.2) is 0 Å². The molecule has 0 radical (unpaired) electrons. The molecule has 1 atom stereocenters. The smallest absolute Gasteiger partial charge is 0.311 e. The van der Waals surface area contributed by atoms with E-state index in [9.17, 15) is 24.8 Å². The summed E-state index contributed by atoms with van der Waals surface area (Å²) in [6, 6.07) is 5.89. The third kappa shape index (κ3) is 3.04. The standard InChI is InChI=1S/C16H20N2O5/c1-15(2,11-4-6-12(7-5-11)18(22)23)13(19)17-9-8-16(3,10-17)14(20)21/h4-7H,8-10H2,1-3H3,(H,20,21). The maximum atomic E-state index is 12.8. The highest BCUT2D eigenvalue weighted by Gasteiger charge is 2.45. The molecule has 2 rings (SSSR count). The quantitative estimate of drug-likeness (QED) is 0.677. The number of nitrogens with zero attached hydrogens (tertiary/aromatic N) is 2. The largest absolute Gasteiger partial charge is 0.481 e. The fourth-order valence-electron chi connectivity index (χ4n) is 2.83. The second-order valence-electron chi connectivity index (χ2n) is 6.77. The molecule has 1 unspecified atom stereocenters. The highest BCUT2D eigenvalue weighted by molar-refractivity contribution is 5.88. The first-order valence-corrected chi connectivity index (χ1v) is 7.36. The highest BCUT2D eigenvalue weighted by Crippen LogP contribution is 2.34. The van der Waals surface area contributed by atoms with E-state index < -0.39 is 21.7 Å².